The number of rotatable bonds is 0. The maximum absolute atomic E-state index is 2.00. The van der Waals surface area contributed by atoms with Gasteiger partial charge in [-0.15, -0.1) is 0 Å². The summed E-state index contributed by atoms with van der Waals surface area (Å²) >= 11 is 0. The van der Waals surface area contributed by atoms with Crippen LogP contribution in [0, 0.1) is 6.42 Å². The van der Waals surface area contributed by atoms with Crippen molar-refractivity contribution in [3.05, 3.63) is 6.42 Å². The molecule has 0 heterocycles. The molecule has 0 saturated heterocycles. The van der Waals surface area contributed by atoms with Crippen LogP contribution in [-0.2, 0) is 0 Å². The van der Waals surface area contributed by atoms with Crippen LogP contribution in [-0.4, -0.2) is 17.6 Å². The van der Waals surface area contributed by atoms with E-state index in [4.69, 9.17) is 0 Å². The quantitative estimate of drug-likeness (QED) is 0.387. The Bertz CT molecular complexity index is 3.25. The van der Waals surface area contributed by atoms with E-state index in [0.717, 1.165) is 0 Å². The first-order valence-electron chi connectivity index (χ1n) is 1.15. The van der Waals surface area contributed by atoms with Gasteiger partial charge in [-0.25, -0.2) is 0 Å². The Balaban J connectivity index is 0. The third kappa shape index (κ3) is 20.5. The van der Waals surface area contributed by atoms with Gasteiger partial charge in [-0.3, -0.25) is 0 Å². The summed E-state index contributed by atoms with van der Waals surface area (Å²) in [5.41, 5.74) is 0. The Morgan fingerprint density at radius 3 is 1.25 bits per heavy atom. The molecule has 27 valence electrons. The molecule has 4 heavy (non-hydrogen) atoms. The van der Waals surface area contributed by atoms with Gasteiger partial charge >= 0.3 is 17.6 Å². The van der Waals surface area contributed by atoms with E-state index < -0.39 is 0 Å². The van der Waals surface area contributed by atoms with E-state index in [2.05, 4.69) is 0 Å². The van der Waals surface area contributed by atoms with Crippen LogP contribution in [0.2, 0.25) is 0 Å². The van der Waals surface area contributed by atoms with E-state index >= 15 is 0 Å². The zero-order chi connectivity index (χ0) is 2.71. The first-order valence-corrected chi connectivity index (χ1v) is 1.15. The summed E-state index contributed by atoms with van der Waals surface area (Å²) in [5.74, 6) is 0. The van der Waals surface area contributed by atoms with Crippen LogP contribution in [0.1, 0.15) is 13.8 Å². The molecule has 0 spiro atoms. The van der Waals surface area contributed by atoms with Crippen LogP contribution in [0.5, 0.6) is 0 Å². The molecule has 0 aromatic rings. The second kappa shape index (κ2) is 9.62. The van der Waals surface area contributed by atoms with Crippen LogP contribution in [0.4, 0.5) is 0 Å². The predicted molar refractivity (Wildman–Crippen MR) is 27.0 cm³/mol. The Kier molecular flexibility index (Phi) is 21.2. The standard InChI is InChI=1S/C3H7.GeH4/c1-3-2;/h3H,1-2H3;1H4. The van der Waals surface area contributed by atoms with Crippen molar-refractivity contribution in [2.75, 3.05) is 0 Å². The molecule has 1 radical (unpaired) electrons. The molecular weight excluding hydrogens is 109 g/mol. The zero-order valence-corrected chi connectivity index (χ0v) is 2.58. The molecule has 0 amide bonds. The predicted octanol–water partition coefficient (Wildman–Crippen LogP) is -0.221. The Morgan fingerprint density at radius 1 is 1.25 bits per heavy atom. The summed E-state index contributed by atoms with van der Waals surface area (Å²) < 4.78 is 0. The molecule has 0 N–H and O–H groups in total. The molecule has 0 aliphatic heterocycles. The molecule has 0 unspecified atom stereocenters. The second-order valence-electron chi connectivity index (χ2n) is 0.577. The van der Waals surface area contributed by atoms with Crippen molar-refractivity contribution in [2.45, 2.75) is 13.8 Å². The topological polar surface area (TPSA) is 0 Å². The maximum atomic E-state index is 2.00. The van der Waals surface area contributed by atoms with E-state index in [9.17, 15) is 0 Å². The fourth-order valence-corrected chi connectivity index (χ4v) is 0. The fourth-order valence-electron chi connectivity index (χ4n) is 0. The molecule has 0 nitrogen and oxygen atoms in total. The molecule has 0 saturated carbocycles. The first-order chi connectivity index (χ1) is 1.41. The molecular formula is C3H11Ge. The van der Waals surface area contributed by atoms with Crippen molar-refractivity contribution >= 4 is 17.6 Å². The summed E-state index contributed by atoms with van der Waals surface area (Å²) in [4.78, 5) is 0. The molecule has 0 aromatic heterocycles. The van der Waals surface area contributed by atoms with Gasteiger partial charge in [0.25, 0.3) is 0 Å². The van der Waals surface area contributed by atoms with Crippen molar-refractivity contribution in [2.24, 2.45) is 0 Å². The van der Waals surface area contributed by atoms with Crippen molar-refractivity contribution in [3.63, 3.8) is 0 Å². The molecule has 0 aliphatic carbocycles. The summed E-state index contributed by atoms with van der Waals surface area (Å²) in [6.45, 7) is 4.00. The van der Waals surface area contributed by atoms with Crippen LogP contribution < -0.4 is 0 Å². The van der Waals surface area contributed by atoms with Gasteiger partial charge < -0.3 is 0 Å². The van der Waals surface area contributed by atoms with E-state index in [1.54, 1.807) is 0 Å². The first kappa shape index (κ1) is 8.82. The van der Waals surface area contributed by atoms with Crippen LogP contribution in [0.3, 0.4) is 0 Å². The van der Waals surface area contributed by atoms with Gasteiger partial charge in [0, 0.05) is 0 Å². The zero-order valence-electron chi connectivity index (χ0n) is 2.58. The van der Waals surface area contributed by atoms with Crippen molar-refractivity contribution in [1.82, 2.24) is 0 Å². The minimum atomic E-state index is 0. The SMILES string of the molecule is C[CH]C.[GeH4]. The van der Waals surface area contributed by atoms with Crippen LogP contribution in [0.25, 0.3) is 0 Å². The molecule has 0 fully saturated rings. The molecule has 0 atom stereocenters. The minimum absolute atomic E-state index is 0. The molecule has 1 heteroatoms. The van der Waals surface area contributed by atoms with Gasteiger partial charge in [0.1, 0.15) is 0 Å². The molecule has 0 aromatic carbocycles. The Labute approximate surface area is 38.6 Å². The normalized spacial score (nSPS) is 4.50. The van der Waals surface area contributed by atoms with E-state index in [-0.39, 0.29) is 17.6 Å². The van der Waals surface area contributed by atoms with Crippen molar-refractivity contribution in [1.29, 1.82) is 0 Å². The van der Waals surface area contributed by atoms with E-state index in [1.165, 1.54) is 0 Å². The molecule has 0 aliphatic rings. The fraction of sp³-hybridized carbons (Fsp3) is 0.667. The number of hydrogen-bond donors (Lipinski definition) is 0. The summed E-state index contributed by atoms with van der Waals surface area (Å²) in [6, 6.07) is 0. The second-order valence-corrected chi connectivity index (χ2v) is 0.577. The molecule has 0 rings (SSSR count). The average molecular weight is 120 g/mol. The Hall–Kier alpha value is 0.543. The van der Waals surface area contributed by atoms with E-state index in [0.29, 0.717) is 0 Å². The summed E-state index contributed by atoms with van der Waals surface area (Å²) in [7, 11) is 0. The van der Waals surface area contributed by atoms with Gasteiger partial charge in [0.15, 0.2) is 0 Å². The van der Waals surface area contributed by atoms with Gasteiger partial charge in [-0.1, -0.05) is 13.8 Å². The van der Waals surface area contributed by atoms with Gasteiger partial charge in [0.2, 0.25) is 0 Å². The molecule has 0 bridgehead atoms. The number of hydrogen-bond acceptors (Lipinski definition) is 0. The van der Waals surface area contributed by atoms with E-state index in [1.807, 2.05) is 20.3 Å². The van der Waals surface area contributed by atoms with Gasteiger partial charge in [-0.2, -0.15) is 0 Å². The third-order valence-corrected chi connectivity index (χ3v) is 0. The van der Waals surface area contributed by atoms with Gasteiger partial charge in [0.05, 0.1) is 0 Å². The van der Waals surface area contributed by atoms with Crippen LogP contribution >= 0.6 is 0 Å². The van der Waals surface area contributed by atoms with Gasteiger partial charge in [-0.05, 0) is 6.42 Å². The summed E-state index contributed by atoms with van der Waals surface area (Å²) in [5, 5.41) is 0. The summed E-state index contributed by atoms with van der Waals surface area (Å²) in [6.07, 6.45) is 2.00. The van der Waals surface area contributed by atoms with Crippen molar-refractivity contribution in [3.8, 4) is 0 Å². The van der Waals surface area contributed by atoms with Crippen molar-refractivity contribution < 1.29 is 0 Å². The average Bonchev–Trinajstić information content (AvgIpc) is 0.918. The third-order valence-electron chi connectivity index (χ3n) is 0. The monoisotopic (exact) mass is 121 g/mol. The Morgan fingerprint density at radius 2 is 1.25 bits per heavy atom. The van der Waals surface area contributed by atoms with Crippen LogP contribution in [0.15, 0.2) is 0 Å².